The van der Waals surface area contributed by atoms with E-state index in [2.05, 4.69) is 20.7 Å². The van der Waals surface area contributed by atoms with Crippen LogP contribution in [0.5, 0.6) is 0 Å². The van der Waals surface area contributed by atoms with Crippen molar-refractivity contribution in [2.45, 2.75) is 25.5 Å². The number of rotatable bonds is 6. The minimum atomic E-state index is -0.413. The number of ether oxygens (including phenoxy) is 1. The van der Waals surface area contributed by atoms with Gasteiger partial charge in [-0.15, -0.1) is 0 Å². The average Bonchev–Trinajstić information content (AvgIpc) is 3.44. The van der Waals surface area contributed by atoms with Crippen LogP contribution in [0.2, 0.25) is 0 Å². The van der Waals surface area contributed by atoms with E-state index in [4.69, 9.17) is 4.74 Å². The lowest BCUT2D eigenvalue weighted by Crippen LogP contribution is -2.27. The fraction of sp³-hybridized carbons (Fsp3) is 0.238. The minimum absolute atomic E-state index is 0.178. The second-order valence-corrected chi connectivity index (χ2v) is 6.82. The molecule has 2 heterocycles. The van der Waals surface area contributed by atoms with Crippen LogP contribution in [0.15, 0.2) is 61.2 Å². The molecule has 0 saturated carbocycles. The highest BCUT2D eigenvalue weighted by Gasteiger charge is 2.23. The molecule has 2 aromatic carbocycles. The first-order valence-corrected chi connectivity index (χ1v) is 9.42. The van der Waals surface area contributed by atoms with Crippen LogP contribution in [0.3, 0.4) is 0 Å². The van der Waals surface area contributed by atoms with E-state index in [9.17, 15) is 9.59 Å². The number of benzene rings is 2. The number of aromatic nitrogens is 3. The molecule has 3 aromatic rings. The third kappa shape index (κ3) is 4.85. The second-order valence-electron chi connectivity index (χ2n) is 6.82. The zero-order chi connectivity index (χ0) is 20.1. The first-order valence-electron chi connectivity index (χ1n) is 9.42. The summed E-state index contributed by atoms with van der Waals surface area (Å²) < 4.78 is 7.11. The Hall–Kier alpha value is -3.52. The number of carbonyl (C=O) groups is 2. The van der Waals surface area contributed by atoms with Crippen molar-refractivity contribution in [1.82, 2.24) is 14.8 Å². The Kier molecular flexibility index (Phi) is 5.62. The van der Waals surface area contributed by atoms with Crippen molar-refractivity contribution in [2.24, 2.45) is 0 Å². The molecule has 1 aromatic heterocycles. The summed E-state index contributed by atoms with van der Waals surface area (Å²) in [4.78, 5) is 28.7. The molecule has 1 unspecified atom stereocenters. The molecule has 4 rings (SSSR count). The minimum Gasteiger partial charge on any atom is -0.368 e. The molecule has 0 aliphatic carbocycles. The van der Waals surface area contributed by atoms with Gasteiger partial charge in [-0.1, -0.05) is 18.2 Å². The van der Waals surface area contributed by atoms with E-state index < -0.39 is 6.10 Å². The zero-order valence-corrected chi connectivity index (χ0v) is 15.7. The quantitative estimate of drug-likeness (QED) is 0.673. The zero-order valence-electron chi connectivity index (χ0n) is 15.7. The van der Waals surface area contributed by atoms with Gasteiger partial charge >= 0.3 is 0 Å². The van der Waals surface area contributed by atoms with Gasteiger partial charge in [0, 0.05) is 23.5 Å². The van der Waals surface area contributed by atoms with E-state index in [1.165, 1.54) is 6.33 Å². The predicted molar refractivity (Wildman–Crippen MR) is 108 cm³/mol. The number of nitrogens with zero attached hydrogens (tertiary/aromatic N) is 3. The molecule has 2 amide bonds. The van der Waals surface area contributed by atoms with Gasteiger partial charge in [0.2, 0.25) is 0 Å². The van der Waals surface area contributed by atoms with E-state index in [0.717, 1.165) is 18.4 Å². The van der Waals surface area contributed by atoms with Gasteiger partial charge < -0.3 is 15.4 Å². The highest BCUT2D eigenvalue weighted by Crippen LogP contribution is 2.17. The van der Waals surface area contributed by atoms with Crippen molar-refractivity contribution in [2.75, 3.05) is 17.2 Å². The third-order valence-corrected chi connectivity index (χ3v) is 4.64. The molecule has 0 bridgehead atoms. The normalized spacial score (nSPS) is 15.8. The number of carbonyl (C=O) groups excluding carboxylic acids is 2. The summed E-state index contributed by atoms with van der Waals surface area (Å²) in [5, 5.41) is 9.76. The van der Waals surface area contributed by atoms with Gasteiger partial charge in [0.05, 0.1) is 6.54 Å². The van der Waals surface area contributed by atoms with Gasteiger partial charge in [-0.2, -0.15) is 5.10 Å². The maximum Gasteiger partial charge on any atom is 0.255 e. The van der Waals surface area contributed by atoms with Crippen LogP contribution in [-0.2, 0) is 16.1 Å². The molecule has 1 aliphatic rings. The Morgan fingerprint density at radius 2 is 1.97 bits per heavy atom. The Morgan fingerprint density at radius 3 is 2.69 bits per heavy atom. The number of anilines is 2. The van der Waals surface area contributed by atoms with Crippen LogP contribution in [-0.4, -0.2) is 39.3 Å². The van der Waals surface area contributed by atoms with E-state index in [1.807, 2.05) is 24.3 Å². The number of hydrogen-bond acceptors (Lipinski definition) is 5. The van der Waals surface area contributed by atoms with E-state index in [-0.39, 0.29) is 11.8 Å². The standard InChI is InChI=1S/C21H21N5O3/c27-20(24-17-8-6-15(7-9-17)12-26-14-22-13-23-26)16-3-1-4-18(11-16)25-21(28)19-5-2-10-29-19/h1,3-4,6-9,11,13-14,19H,2,5,10,12H2,(H,24,27)(H,25,28). The van der Waals surface area contributed by atoms with Crippen molar-refractivity contribution in [3.8, 4) is 0 Å². The molecule has 8 heteroatoms. The van der Waals surface area contributed by atoms with Crippen molar-refractivity contribution in [1.29, 1.82) is 0 Å². The lowest BCUT2D eigenvalue weighted by Gasteiger charge is -2.12. The monoisotopic (exact) mass is 391 g/mol. The van der Waals surface area contributed by atoms with E-state index in [0.29, 0.717) is 30.1 Å². The molecule has 1 saturated heterocycles. The summed E-state index contributed by atoms with van der Waals surface area (Å²) >= 11 is 0. The Bertz CT molecular complexity index is 980. The Balaban J connectivity index is 1.37. The molecule has 1 fully saturated rings. The molecule has 29 heavy (non-hydrogen) atoms. The summed E-state index contributed by atoms with van der Waals surface area (Å²) in [6.07, 6.45) is 4.34. The molecule has 1 atom stereocenters. The van der Waals surface area contributed by atoms with Crippen LogP contribution >= 0.6 is 0 Å². The maximum atomic E-state index is 12.6. The summed E-state index contributed by atoms with van der Waals surface area (Å²) in [6.45, 7) is 1.22. The molecule has 8 nitrogen and oxygen atoms in total. The summed E-state index contributed by atoms with van der Waals surface area (Å²) in [6, 6.07) is 14.4. The highest BCUT2D eigenvalue weighted by atomic mass is 16.5. The molecule has 2 N–H and O–H groups in total. The molecule has 148 valence electrons. The maximum absolute atomic E-state index is 12.6. The highest BCUT2D eigenvalue weighted by molar-refractivity contribution is 6.05. The van der Waals surface area contributed by atoms with Gasteiger partial charge in [-0.05, 0) is 48.7 Å². The lowest BCUT2D eigenvalue weighted by atomic mass is 10.1. The predicted octanol–water partition coefficient (Wildman–Crippen LogP) is 2.70. The average molecular weight is 391 g/mol. The first-order chi connectivity index (χ1) is 14.2. The number of nitrogens with one attached hydrogen (secondary N) is 2. The molecule has 1 aliphatic heterocycles. The molecule has 0 radical (unpaired) electrons. The third-order valence-electron chi connectivity index (χ3n) is 4.64. The lowest BCUT2D eigenvalue weighted by molar-refractivity contribution is -0.124. The second kappa shape index (κ2) is 8.66. The van der Waals surface area contributed by atoms with Crippen molar-refractivity contribution in [3.63, 3.8) is 0 Å². The van der Waals surface area contributed by atoms with Crippen LogP contribution in [0.25, 0.3) is 0 Å². The Labute approximate surface area is 167 Å². The van der Waals surface area contributed by atoms with Gasteiger partial charge in [0.25, 0.3) is 11.8 Å². The van der Waals surface area contributed by atoms with Gasteiger partial charge in [0.15, 0.2) is 0 Å². The van der Waals surface area contributed by atoms with Gasteiger partial charge in [-0.25, -0.2) is 9.67 Å². The van der Waals surface area contributed by atoms with E-state index in [1.54, 1.807) is 35.3 Å². The summed E-state index contributed by atoms with van der Waals surface area (Å²) in [7, 11) is 0. The largest absolute Gasteiger partial charge is 0.368 e. The fourth-order valence-corrected chi connectivity index (χ4v) is 3.14. The summed E-state index contributed by atoms with van der Waals surface area (Å²) in [5.41, 5.74) is 2.77. The van der Waals surface area contributed by atoms with Crippen molar-refractivity contribution in [3.05, 3.63) is 72.3 Å². The topological polar surface area (TPSA) is 98.1 Å². The van der Waals surface area contributed by atoms with Gasteiger partial charge in [-0.3, -0.25) is 9.59 Å². The van der Waals surface area contributed by atoms with Crippen LogP contribution in [0.4, 0.5) is 11.4 Å². The summed E-state index contributed by atoms with van der Waals surface area (Å²) in [5.74, 6) is -0.426. The molecule has 0 spiro atoms. The van der Waals surface area contributed by atoms with Crippen LogP contribution < -0.4 is 10.6 Å². The number of amides is 2. The van der Waals surface area contributed by atoms with E-state index >= 15 is 0 Å². The fourth-order valence-electron chi connectivity index (χ4n) is 3.14. The SMILES string of the molecule is O=C(Nc1ccc(Cn2cncn2)cc1)c1cccc(NC(=O)C2CCCO2)c1. The number of hydrogen-bond donors (Lipinski definition) is 2. The van der Waals surface area contributed by atoms with Crippen LogP contribution in [0.1, 0.15) is 28.8 Å². The first kappa shape index (κ1) is 18.8. The molecular formula is C21H21N5O3. The van der Waals surface area contributed by atoms with Crippen molar-refractivity contribution < 1.29 is 14.3 Å². The van der Waals surface area contributed by atoms with Crippen molar-refractivity contribution >= 4 is 23.2 Å². The smallest absolute Gasteiger partial charge is 0.255 e. The van der Waals surface area contributed by atoms with Crippen LogP contribution in [0, 0.1) is 0 Å². The Morgan fingerprint density at radius 1 is 1.10 bits per heavy atom. The molecular weight excluding hydrogens is 370 g/mol. The van der Waals surface area contributed by atoms with Gasteiger partial charge in [0.1, 0.15) is 18.8 Å².